The lowest BCUT2D eigenvalue weighted by Crippen LogP contribution is -2.26. The number of methoxy groups -OCH3 is 1. The number of nitrogens with one attached hydrogen (secondary N) is 1. The lowest BCUT2D eigenvalue weighted by molar-refractivity contribution is 0.411. The number of hydrogen-bond donors (Lipinski definition) is 1. The van der Waals surface area contributed by atoms with E-state index in [1.54, 1.807) is 7.11 Å². The van der Waals surface area contributed by atoms with Crippen LogP contribution in [-0.2, 0) is 0 Å². The van der Waals surface area contributed by atoms with Gasteiger partial charge in [-0.3, -0.25) is 0 Å². The monoisotopic (exact) mass is 295 g/mol. The van der Waals surface area contributed by atoms with Crippen LogP contribution in [0.3, 0.4) is 0 Å². The molecule has 0 heterocycles. The zero-order valence-electron chi connectivity index (χ0n) is 14.0. The van der Waals surface area contributed by atoms with Crippen molar-refractivity contribution in [3.63, 3.8) is 0 Å². The van der Waals surface area contributed by atoms with E-state index in [1.807, 2.05) is 11.8 Å². The molecular formula is C17H29NOS. The molecule has 0 bridgehead atoms. The Balaban J connectivity index is 2.99. The standard InChI is InChI=1S/C17H29NOS/c1-8-18-15(11-20-17(4,5)6)14-9-13(3)16(19-7)10-12(14)2/h9-10,15,18H,8,11H2,1-7H3. The molecule has 0 saturated heterocycles. The van der Waals surface area contributed by atoms with E-state index in [9.17, 15) is 0 Å². The molecule has 0 aliphatic rings. The van der Waals surface area contributed by atoms with Crippen LogP contribution in [0.15, 0.2) is 12.1 Å². The molecule has 1 rings (SSSR count). The van der Waals surface area contributed by atoms with Gasteiger partial charge in [0.2, 0.25) is 0 Å². The molecule has 0 amide bonds. The smallest absolute Gasteiger partial charge is 0.122 e. The lowest BCUT2D eigenvalue weighted by atomic mass is 9.99. The highest BCUT2D eigenvalue weighted by Gasteiger charge is 2.19. The van der Waals surface area contributed by atoms with Crippen molar-refractivity contribution in [2.24, 2.45) is 0 Å². The van der Waals surface area contributed by atoms with E-state index in [2.05, 4.69) is 59.0 Å². The van der Waals surface area contributed by atoms with Crippen LogP contribution in [0.25, 0.3) is 0 Å². The highest BCUT2D eigenvalue weighted by Crippen LogP contribution is 2.32. The minimum Gasteiger partial charge on any atom is -0.496 e. The number of thioether (sulfide) groups is 1. The topological polar surface area (TPSA) is 21.3 Å². The molecule has 1 N–H and O–H groups in total. The SMILES string of the molecule is CCNC(CSC(C)(C)C)c1cc(C)c(OC)cc1C. The largest absolute Gasteiger partial charge is 0.496 e. The van der Waals surface area contributed by atoms with Crippen LogP contribution in [0.2, 0.25) is 0 Å². The van der Waals surface area contributed by atoms with Crippen molar-refractivity contribution in [2.75, 3.05) is 19.4 Å². The third-order valence-corrected chi connectivity index (χ3v) is 4.66. The van der Waals surface area contributed by atoms with Gasteiger partial charge in [0.1, 0.15) is 5.75 Å². The van der Waals surface area contributed by atoms with Gasteiger partial charge in [0.15, 0.2) is 0 Å². The van der Waals surface area contributed by atoms with E-state index in [0.29, 0.717) is 10.8 Å². The molecule has 1 aromatic rings. The van der Waals surface area contributed by atoms with E-state index in [-0.39, 0.29) is 0 Å². The summed E-state index contributed by atoms with van der Waals surface area (Å²) in [5, 5.41) is 3.62. The Labute approximate surface area is 128 Å². The second-order valence-corrected chi connectivity index (χ2v) is 8.06. The van der Waals surface area contributed by atoms with E-state index in [0.717, 1.165) is 18.0 Å². The van der Waals surface area contributed by atoms with E-state index < -0.39 is 0 Å². The first-order valence-corrected chi connectivity index (χ1v) is 8.29. The Morgan fingerprint density at radius 2 is 1.85 bits per heavy atom. The van der Waals surface area contributed by atoms with Crippen molar-refractivity contribution in [3.05, 3.63) is 28.8 Å². The van der Waals surface area contributed by atoms with Crippen molar-refractivity contribution in [1.29, 1.82) is 0 Å². The van der Waals surface area contributed by atoms with E-state index in [1.165, 1.54) is 16.7 Å². The fourth-order valence-corrected chi connectivity index (χ4v) is 3.21. The molecule has 0 aliphatic heterocycles. The van der Waals surface area contributed by atoms with Gasteiger partial charge < -0.3 is 10.1 Å². The molecule has 1 unspecified atom stereocenters. The Hall–Kier alpha value is -0.670. The van der Waals surface area contributed by atoms with Crippen LogP contribution < -0.4 is 10.1 Å². The van der Waals surface area contributed by atoms with Gasteiger partial charge in [-0.05, 0) is 43.1 Å². The molecular weight excluding hydrogens is 266 g/mol. The van der Waals surface area contributed by atoms with Gasteiger partial charge in [-0.1, -0.05) is 33.8 Å². The highest BCUT2D eigenvalue weighted by atomic mass is 32.2. The molecule has 114 valence electrons. The van der Waals surface area contributed by atoms with Crippen molar-refractivity contribution in [1.82, 2.24) is 5.32 Å². The van der Waals surface area contributed by atoms with Crippen LogP contribution in [-0.4, -0.2) is 24.2 Å². The molecule has 2 nitrogen and oxygen atoms in total. The second-order valence-electron chi connectivity index (χ2n) is 6.21. The first-order chi connectivity index (χ1) is 9.28. The van der Waals surface area contributed by atoms with Gasteiger partial charge in [0.25, 0.3) is 0 Å². The molecule has 0 spiro atoms. The van der Waals surface area contributed by atoms with Crippen LogP contribution in [0.1, 0.15) is 50.4 Å². The van der Waals surface area contributed by atoms with Gasteiger partial charge in [0, 0.05) is 16.5 Å². The Bertz CT molecular complexity index is 437. The Kier molecular flexibility index (Phi) is 6.41. The molecule has 20 heavy (non-hydrogen) atoms. The summed E-state index contributed by atoms with van der Waals surface area (Å²) in [5.41, 5.74) is 3.89. The summed E-state index contributed by atoms with van der Waals surface area (Å²) in [6.45, 7) is 14.2. The summed E-state index contributed by atoms with van der Waals surface area (Å²) in [6.07, 6.45) is 0. The normalized spacial score (nSPS) is 13.3. The second kappa shape index (κ2) is 7.37. The van der Waals surface area contributed by atoms with Gasteiger partial charge >= 0.3 is 0 Å². The van der Waals surface area contributed by atoms with Gasteiger partial charge in [-0.15, -0.1) is 0 Å². The average molecular weight is 295 g/mol. The summed E-state index contributed by atoms with van der Waals surface area (Å²) in [4.78, 5) is 0. The van der Waals surface area contributed by atoms with Crippen molar-refractivity contribution >= 4 is 11.8 Å². The minimum atomic E-state index is 0.295. The molecule has 0 saturated carbocycles. The molecule has 0 aliphatic carbocycles. The summed E-state index contributed by atoms with van der Waals surface area (Å²) < 4.78 is 5.70. The average Bonchev–Trinajstić information content (AvgIpc) is 2.36. The highest BCUT2D eigenvalue weighted by molar-refractivity contribution is 8.00. The summed E-state index contributed by atoms with van der Waals surface area (Å²) >= 11 is 2.01. The number of aryl methyl sites for hydroxylation is 2. The van der Waals surface area contributed by atoms with E-state index >= 15 is 0 Å². The van der Waals surface area contributed by atoms with Crippen LogP contribution in [0.4, 0.5) is 0 Å². The lowest BCUT2D eigenvalue weighted by Gasteiger charge is -2.25. The maximum Gasteiger partial charge on any atom is 0.122 e. The summed E-state index contributed by atoms with van der Waals surface area (Å²) in [6, 6.07) is 4.82. The molecule has 0 aromatic heterocycles. The zero-order valence-corrected chi connectivity index (χ0v) is 14.8. The molecule has 0 radical (unpaired) electrons. The first-order valence-electron chi connectivity index (χ1n) is 7.31. The molecule has 1 atom stereocenters. The maximum atomic E-state index is 5.41. The van der Waals surface area contributed by atoms with Gasteiger partial charge in [-0.2, -0.15) is 11.8 Å². The molecule has 3 heteroatoms. The van der Waals surface area contributed by atoms with Gasteiger partial charge in [0.05, 0.1) is 7.11 Å². The van der Waals surface area contributed by atoms with Crippen LogP contribution in [0, 0.1) is 13.8 Å². The number of rotatable bonds is 6. The quantitative estimate of drug-likeness (QED) is 0.835. The van der Waals surface area contributed by atoms with Gasteiger partial charge in [-0.25, -0.2) is 0 Å². The fourth-order valence-electron chi connectivity index (χ4n) is 2.25. The molecule has 0 fully saturated rings. The van der Waals surface area contributed by atoms with Crippen LogP contribution >= 0.6 is 11.8 Å². The number of benzene rings is 1. The summed E-state index contributed by atoms with van der Waals surface area (Å²) in [5.74, 6) is 2.06. The van der Waals surface area contributed by atoms with Crippen LogP contribution in [0.5, 0.6) is 5.75 Å². The Morgan fingerprint density at radius 1 is 1.20 bits per heavy atom. The van der Waals surface area contributed by atoms with Crippen molar-refractivity contribution in [3.8, 4) is 5.75 Å². The minimum absolute atomic E-state index is 0.295. The molecule has 1 aromatic carbocycles. The predicted molar refractivity (Wildman–Crippen MR) is 91.1 cm³/mol. The Morgan fingerprint density at radius 3 is 2.35 bits per heavy atom. The van der Waals surface area contributed by atoms with Crippen molar-refractivity contribution in [2.45, 2.75) is 52.3 Å². The predicted octanol–water partition coefficient (Wildman–Crippen LogP) is 4.49. The number of ether oxygens (including phenoxy) is 1. The first kappa shape index (κ1) is 17.4. The van der Waals surface area contributed by atoms with E-state index in [4.69, 9.17) is 4.74 Å². The zero-order chi connectivity index (χ0) is 15.3. The fraction of sp³-hybridized carbons (Fsp3) is 0.647. The van der Waals surface area contributed by atoms with Crippen molar-refractivity contribution < 1.29 is 4.74 Å². The third kappa shape index (κ3) is 5.02. The summed E-state index contributed by atoms with van der Waals surface area (Å²) in [7, 11) is 1.73. The number of hydrogen-bond acceptors (Lipinski definition) is 3. The maximum absolute atomic E-state index is 5.41. The third-order valence-electron chi connectivity index (χ3n) is 3.29.